The zero-order chi connectivity index (χ0) is 13.1. The second-order valence-corrected chi connectivity index (χ2v) is 4.45. The molecule has 98 valence electrons. The summed E-state index contributed by atoms with van der Waals surface area (Å²) in [6, 6.07) is 6.03. The molecule has 1 N–H and O–H groups in total. The molecular formula is C13H17FN2O2. The van der Waals surface area contributed by atoms with E-state index in [1.807, 2.05) is 4.90 Å². The van der Waals surface area contributed by atoms with Crippen molar-refractivity contribution in [2.45, 2.75) is 12.5 Å². The number of aliphatic hydroxyl groups excluding tert-OH is 1. The molecule has 0 aliphatic carbocycles. The van der Waals surface area contributed by atoms with Crippen LogP contribution in [0.2, 0.25) is 0 Å². The van der Waals surface area contributed by atoms with Crippen molar-refractivity contribution in [2.75, 3.05) is 31.6 Å². The molecule has 1 aliphatic heterocycles. The van der Waals surface area contributed by atoms with Gasteiger partial charge in [0.05, 0.1) is 18.3 Å². The Hall–Kier alpha value is -1.46. The number of anilines is 1. The van der Waals surface area contributed by atoms with Crippen LogP contribution in [-0.2, 0) is 4.79 Å². The van der Waals surface area contributed by atoms with E-state index in [-0.39, 0.29) is 24.4 Å². The van der Waals surface area contributed by atoms with Crippen molar-refractivity contribution in [3.8, 4) is 0 Å². The second-order valence-electron chi connectivity index (χ2n) is 4.45. The quantitative estimate of drug-likeness (QED) is 0.864. The van der Waals surface area contributed by atoms with E-state index in [1.54, 1.807) is 25.2 Å². The van der Waals surface area contributed by atoms with Gasteiger partial charge in [-0.3, -0.25) is 9.69 Å². The molecule has 4 nitrogen and oxygen atoms in total. The van der Waals surface area contributed by atoms with Crippen molar-refractivity contribution in [1.29, 1.82) is 0 Å². The van der Waals surface area contributed by atoms with Crippen LogP contribution < -0.4 is 4.90 Å². The highest BCUT2D eigenvalue weighted by molar-refractivity contribution is 5.99. The van der Waals surface area contributed by atoms with E-state index in [9.17, 15) is 9.18 Å². The average Bonchev–Trinajstić information content (AvgIpc) is 2.72. The summed E-state index contributed by atoms with van der Waals surface area (Å²) in [5.41, 5.74) is 0.336. The van der Waals surface area contributed by atoms with Crippen molar-refractivity contribution in [3.63, 3.8) is 0 Å². The van der Waals surface area contributed by atoms with Crippen molar-refractivity contribution in [2.24, 2.45) is 0 Å². The third kappa shape index (κ3) is 2.37. The van der Waals surface area contributed by atoms with Crippen LogP contribution in [0.5, 0.6) is 0 Å². The van der Waals surface area contributed by atoms with Gasteiger partial charge in [-0.05, 0) is 25.6 Å². The topological polar surface area (TPSA) is 43.8 Å². The van der Waals surface area contributed by atoms with Gasteiger partial charge in [-0.2, -0.15) is 0 Å². The molecule has 1 aromatic carbocycles. The maximum Gasteiger partial charge on any atom is 0.244 e. The fourth-order valence-electron chi connectivity index (χ4n) is 2.30. The Morgan fingerprint density at radius 1 is 1.50 bits per heavy atom. The first-order valence-electron chi connectivity index (χ1n) is 6.02. The highest BCUT2D eigenvalue weighted by atomic mass is 19.1. The number of hydrogen-bond acceptors (Lipinski definition) is 3. The molecule has 1 saturated heterocycles. The second kappa shape index (κ2) is 5.46. The molecule has 0 bridgehead atoms. The van der Waals surface area contributed by atoms with Gasteiger partial charge in [0.15, 0.2) is 0 Å². The summed E-state index contributed by atoms with van der Waals surface area (Å²) in [4.78, 5) is 15.5. The Bertz CT molecular complexity index is 439. The molecule has 18 heavy (non-hydrogen) atoms. The molecule has 1 atom stereocenters. The van der Waals surface area contributed by atoms with E-state index in [0.29, 0.717) is 25.2 Å². The van der Waals surface area contributed by atoms with Crippen LogP contribution in [0.15, 0.2) is 24.3 Å². The SMILES string of the molecule is CN(CCO)C1CCN(c2ccccc2F)C1=O. The lowest BCUT2D eigenvalue weighted by atomic mass is 10.2. The smallest absolute Gasteiger partial charge is 0.244 e. The van der Waals surface area contributed by atoms with Gasteiger partial charge in [0.2, 0.25) is 5.91 Å². The van der Waals surface area contributed by atoms with E-state index in [1.165, 1.54) is 11.0 Å². The predicted octanol–water partition coefficient (Wildman–Crippen LogP) is 0.855. The summed E-state index contributed by atoms with van der Waals surface area (Å²) in [5, 5.41) is 8.88. The van der Waals surface area contributed by atoms with Crippen LogP contribution in [0.1, 0.15) is 6.42 Å². The Kier molecular flexibility index (Phi) is 3.93. The lowest BCUT2D eigenvalue weighted by molar-refractivity contribution is -0.121. The molecule has 0 aromatic heterocycles. The van der Waals surface area contributed by atoms with Crippen molar-refractivity contribution < 1.29 is 14.3 Å². The Balaban J connectivity index is 2.15. The van der Waals surface area contributed by atoms with Crippen molar-refractivity contribution in [1.82, 2.24) is 4.90 Å². The molecule has 1 unspecified atom stereocenters. The van der Waals surface area contributed by atoms with E-state index >= 15 is 0 Å². The highest BCUT2D eigenvalue weighted by Crippen LogP contribution is 2.25. The van der Waals surface area contributed by atoms with Gasteiger partial charge in [-0.15, -0.1) is 0 Å². The van der Waals surface area contributed by atoms with Crippen LogP contribution in [0.3, 0.4) is 0 Å². The maximum atomic E-state index is 13.6. The number of halogens is 1. The normalized spacial score (nSPS) is 19.9. The molecule has 0 radical (unpaired) electrons. The minimum Gasteiger partial charge on any atom is -0.395 e. The molecule has 1 heterocycles. The fraction of sp³-hybridized carbons (Fsp3) is 0.462. The lowest BCUT2D eigenvalue weighted by Gasteiger charge is -2.23. The predicted molar refractivity (Wildman–Crippen MR) is 66.9 cm³/mol. The molecule has 1 aromatic rings. The largest absolute Gasteiger partial charge is 0.395 e. The first-order chi connectivity index (χ1) is 8.65. The summed E-state index contributed by atoms with van der Waals surface area (Å²) < 4.78 is 13.6. The van der Waals surface area contributed by atoms with Gasteiger partial charge in [0, 0.05) is 13.1 Å². The van der Waals surface area contributed by atoms with Gasteiger partial charge >= 0.3 is 0 Å². The summed E-state index contributed by atoms with van der Waals surface area (Å²) >= 11 is 0. The average molecular weight is 252 g/mol. The van der Waals surface area contributed by atoms with Gasteiger partial charge in [-0.25, -0.2) is 4.39 Å². The number of benzene rings is 1. The van der Waals surface area contributed by atoms with Crippen molar-refractivity contribution >= 4 is 11.6 Å². The highest BCUT2D eigenvalue weighted by Gasteiger charge is 2.35. The van der Waals surface area contributed by atoms with Gasteiger partial charge in [0.25, 0.3) is 0 Å². The molecule has 5 heteroatoms. The van der Waals surface area contributed by atoms with E-state index in [4.69, 9.17) is 5.11 Å². The van der Waals surface area contributed by atoms with E-state index < -0.39 is 0 Å². The minimum absolute atomic E-state index is 0.0139. The third-order valence-corrected chi connectivity index (χ3v) is 3.31. The summed E-state index contributed by atoms with van der Waals surface area (Å²) in [7, 11) is 1.80. The number of para-hydroxylation sites is 1. The Labute approximate surface area is 106 Å². The van der Waals surface area contributed by atoms with Gasteiger partial charge in [0.1, 0.15) is 5.82 Å². The van der Waals surface area contributed by atoms with Gasteiger partial charge in [-0.1, -0.05) is 12.1 Å². The molecule has 1 amide bonds. The number of carbonyl (C=O) groups excluding carboxylic acids is 1. The zero-order valence-corrected chi connectivity index (χ0v) is 10.3. The number of nitrogens with zero attached hydrogens (tertiary/aromatic N) is 2. The Morgan fingerprint density at radius 3 is 2.89 bits per heavy atom. The van der Waals surface area contributed by atoms with E-state index in [0.717, 1.165) is 0 Å². The molecule has 1 fully saturated rings. The van der Waals surface area contributed by atoms with E-state index in [2.05, 4.69) is 0 Å². The Morgan fingerprint density at radius 2 is 2.22 bits per heavy atom. The van der Waals surface area contributed by atoms with Crippen LogP contribution in [0.25, 0.3) is 0 Å². The minimum atomic E-state index is -0.378. The molecule has 0 saturated carbocycles. The summed E-state index contributed by atoms with van der Waals surface area (Å²) in [6.45, 7) is 0.974. The fourth-order valence-corrected chi connectivity index (χ4v) is 2.30. The van der Waals surface area contributed by atoms with Crippen LogP contribution in [-0.4, -0.2) is 48.7 Å². The first-order valence-corrected chi connectivity index (χ1v) is 6.02. The number of aliphatic hydroxyl groups is 1. The number of hydrogen-bond donors (Lipinski definition) is 1. The standard InChI is InChI=1S/C13H17FN2O2/c1-15(8-9-17)12-6-7-16(13(12)18)11-5-3-2-4-10(11)14/h2-5,12,17H,6-9H2,1H3. The number of amides is 1. The van der Waals surface area contributed by atoms with Crippen LogP contribution in [0.4, 0.5) is 10.1 Å². The number of rotatable bonds is 4. The van der Waals surface area contributed by atoms with Crippen LogP contribution in [0, 0.1) is 5.82 Å². The van der Waals surface area contributed by atoms with Crippen molar-refractivity contribution in [3.05, 3.63) is 30.1 Å². The monoisotopic (exact) mass is 252 g/mol. The molecule has 2 rings (SSSR count). The zero-order valence-electron chi connectivity index (χ0n) is 10.3. The lowest BCUT2D eigenvalue weighted by Crippen LogP contribution is -2.41. The first kappa shape index (κ1) is 13.0. The van der Waals surface area contributed by atoms with Crippen LogP contribution >= 0.6 is 0 Å². The molecule has 0 spiro atoms. The summed E-state index contributed by atoms with van der Waals surface area (Å²) in [6.07, 6.45) is 0.656. The molecular weight excluding hydrogens is 235 g/mol. The number of carbonyl (C=O) groups is 1. The summed E-state index contributed by atoms with van der Waals surface area (Å²) in [5.74, 6) is -0.479. The van der Waals surface area contributed by atoms with Gasteiger partial charge < -0.3 is 10.0 Å². The maximum absolute atomic E-state index is 13.6. The molecule has 1 aliphatic rings. The third-order valence-electron chi connectivity index (χ3n) is 3.31. The number of likely N-dealkylation sites (N-methyl/N-ethyl adjacent to an activating group) is 1.